The summed E-state index contributed by atoms with van der Waals surface area (Å²) in [5, 5.41) is 0. The van der Waals surface area contributed by atoms with Crippen LogP contribution in [0.25, 0.3) is 11.2 Å². The van der Waals surface area contributed by atoms with E-state index in [4.69, 9.17) is 10.5 Å². The maximum atomic E-state index is 6.33. The number of ether oxygens (including phenoxy) is 1. The van der Waals surface area contributed by atoms with Crippen molar-refractivity contribution in [3.05, 3.63) is 12.7 Å². The zero-order valence-electron chi connectivity index (χ0n) is 14.6. The van der Waals surface area contributed by atoms with Crippen LogP contribution in [0.5, 0.6) is 0 Å². The summed E-state index contributed by atoms with van der Waals surface area (Å²) in [6, 6.07) is 0. The summed E-state index contributed by atoms with van der Waals surface area (Å²) in [6.07, 6.45) is 6.94. The van der Waals surface area contributed by atoms with Crippen molar-refractivity contribution >= 4 is 17.0 Å². The van der Waals surface area contributed by atoms with Crippen LogP contribution in [0, 0.1) is 5.41 Å². The fraction of sp³-hybridized carbons (Fsp3) is 0.706. The third-order valence-corrected chi connectivity index (χ3v) is 5.97. The van der Waals surface area contributed by atoms with Gasteiger partial charge < -0.3 is 20.3 Å². The molecule has 25 heavy (non-hydrogen) atoms. The van der Waals surface area contributed by atoms with E-state index in [0.717, 1.165) is 25.0 Å². The van der Waals surface area contributed by atoms with Crippen LogP contribution in [0.1, 0.15) is 25.5 Å². The third kappa shape index (κ3) is 2.59. The fourth-order valence-corrected chi connectivity index (χ4v) is 4.93. The number of rotatable bonds is 3. The maximum Gasteiger partial charge on any atom is 0.167 e. The van der Waals surface area contributed by atoms with Crippen LogP contribution in [-0.4, -0.2) is 75.2 Å². The SMILES string of the molecule is CN1CC2(CCN(CC3CCC(n4cnc5c(N)ncnc54)O3)C2)C1. The molecule has 0 bridgehead atoms. The number of likely N-dealkylation sites (tertiary alicyclic amines) is 2. The van der Waals surface area contributed by atoms with Gasteiger partial charge in [-0.05, 0) is 32.9 Å². The minimum absolute atomic E-state index is 0.00398. The average Bonchev–Trinajstić information content (AvgIpc) is 3.26. The van der Waals surface area contributed by atoms with Gasteiger partial charge in [-0.3, -0.25) is 4.57 Å². The first-order valence-electron chi connectivity index (χ1n) is 9.11. The van der Waals surface area contributed by atoms with E-state index >= 15 is 0 Å². The molecule has 1 spiro atoms. The second-order valence-electron chi connectivity index (χ2n) is 8.03. The number of nitrogens with two attached hydrogens (primary N) is 1. The second-order valence-corrected chi connectivity index (χ2v) is 8.03. The van der Waals surface area contributed by atoms with E-state index in [2.05, 4.69) is 31.8 Å². The highest BCUT2D eigenvalue weighted by atomic mass is 16.5. The Labute approximate surface area is 147 Å². The molecule has 0 saturated carbocycles. The Morgan fingerprint density at radius 1 is 1.24 bits per heavy atom. The molecule has 3 saturated heterocycles. The first-order valence-corrected chi connectivity index (χ1v) is 9.11. The summed E-state index contributed by atoms with van der Waals surface area (Å²) in [4.78, 5) is 17.7. The standard InChI is InChI=1S/C17H25N7O/c1-22-7-17(8-22)4-5-23(9-17)6-12-2-3-13(25-12)24-11-21-14-15(18)19-10-20-16(14)24/h10-13H,2-9H2,1H3,(H2,18,19,20). The molecule has 8 heteroatoms. The predicted molar refractivity (Wildman–Crippen MR) is 93.9 cm³/mol. The topological polar surface area (TPSA) is 85.3 Å². The molecule has 8 nitrogen and oxygen atoms in total. The zero-order chi connectivity index (χ0) is 17.0. The van der Waals surface area contributed by atoms with Gasteiger partial charge in [0.2, 0.25) is 0 Å². The second kappa shape index (κ2) is 5.62. The molecule has 5 heterocycles. The number of fused-ring (bicyclic) bond motifs is 1. The van der Waals surface area contributed by atoms with E-state index in [1.54, 1.807) is 6.33 Å². The van der Waals surface area contributed by atoms with E-state index in [1.807, 2.05) is 4.57 Å². The predicted octanol–water partition coefficient (Wildman–Crippen LogP) is 0.724. The van der Waals surface area contributed by atoms with Gasteiger partial charge in [-0.15, -0.1) is 0 Å². The van der Waals surface area contributed by atoms with Gasteiger partial charge >= 0.3 is 0 Å². The number of aromatic nitrogens is 4. The summed E-state index contributed by atoms with van der Waals surface area (Å²) < 4.78 is 8.33. The maximum absolute atomic E-state index is 6.33. The van der Waals surface area contributed by atoms with Gasteiger partial charge in [-0.25, -0.2) is 15.0 Å². The number of anilines is 1. The molecule has 5 rings (SSSR count). The lowest BCUT2D eigenvalue weighted by Gasteiger charge is -2.46. The lowest BCUT2D eigenvalue weighted by molar-refractivity contribution is -0.0156. The summed E-state index contributed by atoms with van der Waals surface area (Å²) >= 11 is 0. The molecule has 2 unspecified atom stereocenters. The monoisotopic (exact) mass is 343 g/mol. The normalized spacial score (nSPS) is 29.6. The van der Waals surface area contributed by atoms with Crippen molar-refractivity contribution in [2.24, 2.45) is 5.41 Å². The van der Waals surface area contributed by atoms with Gasteiger partial charge in [0.15, 0.2) is 11.5 Å². The van der Waals surface area contributed by atoms with Crippen molar-refractivity contribution in [1.29, 1.82) is 0 Å². The highest BCUT2D eigenvalue weighted by Crippen LogP contribution is 2.39. The van der Waals surface area contributed by atoms with E-state index in [-0.39, 0.29) is 12.3 Å². The molecular weight excluding hydrogens is 318 g/mol. The van der Waals surface area contributed by atoms with Gasteiger partial charge in [0.05, 0.1) is 12.4 Å². The molecule has 3 fully saturated rings. The van der Waals surface area contributed by atoms with Crippen LogP contribution in [0.15, 0.2) is 12.7 Å². The molecule has 3 aliphatic rings. The van der Waals surface area contributed by atoms with Gasteiger partial charge in [0, 0.05) is 31.6 Å². The van der Waals surface area contributed by atoms with Crippen LogP contribution >= 0.6 is 0 Å². The minimum atomic E-state index is -0.00398. The molecule has 3 aliphatic heterocycles. The molecule has 0 aliphatic carbocycles. The highest BCUT2D eigenvalue weighted by Gasteiger charge is 2.46. The van der Waals surface area contributed by atoms with Gasteiger partial charge in [0.1, 0.15) is 18.1 Å². The van der Waals surface area contributed by atoms with Gasteiger partial charge in [0.25, 0.3) is 0 Å². The van der Waals surface area contributed by atoms with Gasteiger partial charge in [-0.1, -0.05) is 0 Å². The van der Waals surface area contributed by atoms with Crippen molar-refractivity contribution in [3.8, 4) is 0 Å². The Balaban J connectivity index is 1.23. The van der Waals surface area contributed by atoms with Crippen molar-refractivity contribution in [1.82, 2.24) is 29.3 Å². The molecule has 2 atom stereocenters. The van der Waals surface area contributed by atoms with Crippen molar-refractivity contribution < 1.29 is 4.74 Å². The Hall–Kier alpha value is -1.77. The molecule has 0 radical (unpaired) electrons. The molecule has 0 amide bonds. The number of nitrogen functional groups attached to an aromatic ring is 1. The molecule has 0 aromatic carbocycles. The van der Waals surface area contributed by atoms with E-state index < -0.39 is 0 Å². The first kappa shape index (κ1) is 15.5. The number of nitrogens with zero attached hydrogens (tertiary/aromatic N) is 6. The molecule has 2 aromatic rings. The molecule has 2 N–H and O–H groups in total. The van der Waals surface area contributed by atoms with Crippen LogP contribution in [0.2, 0.25) is 0 Å². The number of hydrogen-bond acceptors (Lipinski definition) is 7. The average molecular weight is 343 g/mol. The lowest BCUT2D eigenvalue weighted by atomic mass is 9.79. The van der Waals surface area contributed by atoms with Crippen molar-refractivity contribution in [3.63, 3.8) is 0 Å². The van der Waals surface area contributed by atoms with Crippen LogP contribution < -0.4 is 5.73 Å². The Bertz CT molecular complexity index is 784. The van der Waals surface area contributed by atoms with Crippen LogP contribution in [-0.2, 0) is 4.74 Å². The van der Waals surface area contributed by atoms with E-state index in [1.165, 1.54) is 38.9 Å². The van der Waals surface area contributed by atoms with E-state index in [0.29, 0.717) is 16.7 Å². The van der Waals surface area contributed by atoms with Crippen LogP contribution in [0.4, 0.5) is 5.82 Å². The Morgan fingerprint density at radius 2 is 2.12 bits per heavy atom. The minimum Gasteiger partial charge on any atom is -0.382 e. The summed E-state index contributed by atoms with van der Waals surface area (Å²) in [5.74, 6) is 0.422. The Kier molecular flexibility index (Phi) is 3.48. The van der Waals surface area contributed by atoms with Gasteiger partial charge in [-0.2, -0.15) is 0 Å². The van der Waals surface area contributed by atoms with Crippen molar-refractivity contribution in [2.75, 3.05) is 45.5 Å². The summed E-state index contributed by atoms with van der Waals surface area (Å²) in [6.45, 7) is 5.96. The van der Waals surface area contributed by atoms with E-state index in [9.17, 15) is 0 Å². The molecule has 2 aromatic heterocycles. The number of hydrogen-bond donors (Lipinski definition) is 1. The first-order chi connectivity index (χ1) is 12.1. The smallest absolute Gasteiger partial charge is 0.167 e. The summed E-state index contributed by atoms with van der Waals surface area (Å²) in [5.41, 5.74) is 7.86. The quantitative estimate of drug-likeness (QED) is 0.879. The lowest BCUT2D eigenvalue weighted by Crippen LogP contribution is -2.55. The molecular formula is C17H25N7O. The Morgan fingerprint density at radius 3 is 2.96 bits per heavy atom. The largest absolute Gasteiger partial charge is 0.382 e. The third-order valence-electron chi connectivity index (χ3n) is 5.97. The number of imidazole rings is 1. The highest BCUT2D eigenvalue weighted by molar-refractivity contribution is 5.81. The zero-order valence-corrected chi connectivity index (χ0v) is 14.6. The van der Waals surface area contributed by atoms with Crippen molar-refractivity contribution in [2.45, 2.75) is 31.6 Å². The fourth-order valence-electron chi connectivity index (χ4n) is 4.93. The molecule has 134 valence electrons. The van der Waals surface area contributed by atoms with Crippen LogP contribution in [0.3, 0.4) is 0 Å². The summed E-state index contributed by atoms with van der Waals surface area (Å²) in [7, 11) is 2.21.